The summed E-state index contributed by atoms with van der Waals surface area (Å²) >= 11 is 0. The first-order valence-electron chi connectivity index (χ1n) is 8.73. The summed E-state index contributed by atoms with van der Waals surface area (Å²) in [5, 5.41) is 0. The molecular weight excluding hydrogens is 343 g/mol. The number of nitrogens with zero attached hydrogens (tertiary/aromatic N) is 3. The summed E-state index contributed by atoms with van der Waals surface area (Å²) < 4.78 is 21.3. The Morgan fingerprint density at radius 1 is 1.19 bits per heavy atom. The second-order valence-corrected chi connectivity index (χ2v) is 6.29. The average Bonchev–Trinajstić information content (AvgIpc) is 3.08. The molecule has 1 aliphatic rings. The average molecular weight is 362 g/mol. The number of para-hydroxylation sites is 1. The minimum absolute atomic E-state index is 0.216. The van der Waals surface area contributed by atoms with Crippen molar-refractivity contribution in [3.05, 3.63) is 89.9 Å². The maximum absolute atomic E-state index is 13.7. The number of nitrogens with two attached hydrogens (primary N) is 1. The van der Waals surface area contributed by atoms with Crippen molar-refractivity contribution in [2.24, 2.45) is 5.73 Å². The van der Waals surface area contributed by atoms with Gasteiger partial charge in [0, 0.05) is 41.8 Å². The summed E-state index contributed by atoms with van der Waals surface area (Å²) in [6.07, 6.45) is 11.7. The normalized spacial score (nSPS) is 14.8. The third-order valence-corrected chi connectivity index (χ3v) is 4.26. The molecule has 5 nitrogen and oxygen atoms in total. The minimum atomic E-state index is -0.216. The highest BCUT2D eigenvalue weighted by molar-refractivity contribution is 5.77. The van der Waals surface area contributed by atoms with E-state index in [0.717, 1.165) is 22.6 Å². The van der Waals surface area contributed by atoms with Gasteiger partial charge in [-0.15, -0.1) is 0 Å². The molecular formula is C21H19FN4O. The molecule has 2 aromatic heterocycles. The van der Waals surface area contributed by atoms with Crippen LogP contribution >= 0.6 is 0 Å². The minimum Gasteiger partial charge on any atom is -0.487 e. The van der Waals surface area contributed by atoms with E-state index in [-0.39, 0.29) is 5.83 Å². The number of fused-ring (bicyclic) bond motifs is 1. The summed E-state index contributed by atoms with van der Waals surface area (Å²) in [6, 6.07) is 9.58. The van der Waals surface area contributed by atoms with Crippen LogP contribution in [-0.2, 0) is 6.61 Å². The summed E-state index contributed by atoms with van der Waals surface area (Å²) in [6.45, 7) is 0.349. The smallest absolute Gasteiger partial charge is 0.234 e. The largest absolute Gasteiger partial charge is 0.487 e. The number of hydrogen-bond acceptors (Lipinski definition) is 4. The fourth-order valence-electron chi connectivity index (χ4n) is 2.92. The number of ether oxygens (including phenoxy) is 1. The van der Waals surface area contributed by atoms with Gasteiger partial charge in [0.05, 0.1) is 5.69 Å². The molecule has 1 aromatic carbocycles. The van der Waals surface area contributed by atoms with Crippen LogP contribution in [0.3, 0.4) is 0 Å². The number of aromatic nitrogens is 3. The van der Waals surface area contributed by atoms with E-state index in [1.54, 1.807) is 6.20 Å². The molecule has 2 heterocycles. The van der Waals surface area contributed by atoms with Crippen LogP contribution in [0.15, 0.2) is 78.7 Å². The molecule has 1 aliphatic carbocycles. The Morgan fingerprint density at radius 3 is 2.89 bits per heavy atom. The van der Waals surface area contributed by atoms with E-state index in [2.05, 4.69) is 9.97 Å². The number of rotatable bonds is 4. The molecule has 6 heteroatoms. The zero-order valence-electron chi connectivity index (χ0n) is 14.7. The molecule has 0 fully saturated rings. The molecule has 0 atom stereocenters. The van der Waals surface area contributed by atoms with Gasteiger partial charge in [0.1, 0.15) is 18.2 Å². The second kappa shape index (κ2) is 7.45. The van der Waals surface area contributed by atoms with Gasteiger partial charge in [0.25, 0.3) is 0 Å². The molecule has 0 bridgehead atoms. The van der Waals surface area contributed by atoms with Gasteiger partial charge in [-0.05, 0) is 24.6 Å². The summed E-state index contributed by atoms with van der Waals surface area (Å²) in [7, 11) is 0. The van der Waals surface area contributed by atoms with Gasteiger partial charge in [-0.2, -0.15) is 0 Å². The van der Waals surface area contributed by atoms with Crippen molar-refractivity contribution in [1.29, 1.82) is 0 Å². The van der Waals surface area contributed by atoms with E-state index in [0.29, 0.717) is 30.9 Å². The van der Waals surface area contributed by atoms with Crippen molar-refractivity contribution in [2.45, 2.75) is 19.4 Å². The monoisotopic (exact) mass is 362 g/mol. The van der Waals surface area contributed by atoms with E-state index in [4.69, 9.17) is 10.5 Å². The third kappa shape index (κ3) is 3.89. The molecule has 0 amide bonds. The van der Waals surface area contributed by atoms with Crippen LogP contribution in [0.25, 0.3) is 11.4 Å². The molecule has 4 rings (SSSR count). The van der Waals surface area contributed by atoms with Crippen molar-refractivity contribution >= 4 is 11.4 Å². The summed E-state index contributed by atoms with van der Waals surface area (Å²) in [5.74, 6) is 1.14. The van der Waals surface area contributed by atoms with Crippen molar-refractivity contribution in [2.75, 3.05) is 0 Å². The summed E-state index contributed by atoms with van der Waals surface area (Å²) in [4.78, 5) is 8.87. The van der Waals surface area contributed by atoms with E-state index in [9.17, 15) is 4.39 Å². The van der Waals surface area contributed by atoms with E-state index in [1.165, 1.54) is 6.08 Å². The van der Waals surface area contributed by atoms with Crippen LogP contribution < -0.4 is 10.5 Å². The molecule has 136 valence electrons. The van der Waals surface area contributed by atoms with Crippen molar-refractivity contribution in [3.8, 4) is 5.75 Å². The number of benzene rings is 1. The Bertz CT molecular complexity index is 1050. The van der Waals surface area contributed by atoms with E-state index < -0.39 is 0 Å². The van der Waals surface area contributed by atoms with Crippen LogP contribution in [0.2, 0.25) is 0 Å². The topological polar surface area (TPSA) is 65.4 Å². The Balaban J connectivity index is 1.62. The lowest BCUT2D eigenvalue weighted by Gasteiger charge is -2.09. The maximum atomic E-state index is 13.7. The van der Waals surface area contributed by atoms with Crippen molar-refractivity contribution < 1.29 is 9.13 Å². The fraction of sp³-hybridized carbons (Fsp3) is 0.143. The Kier molecular flexibility index (Phi) is 4.70. The quantitative estimate of drug-likeness (QED) is 0.756. The van der Waals surface area contributed by atoms with Gasteiger partial charge in [-0.1, -0.05) is 30.4 Å². The number of imidazole rings is 1. The zero-order valence-corrected chi connectivity index (χ0v) is 14.7. The van der Waals surface area contributed by atoms with Crippen LogP contribution in [0, 0.1) is 0 Å². The van der Waals surface area contributed by atoms with Crippen LogP contribution in [-0.4, -0.2) is 14.4 Å². The van der Waals surface area contributed by atoms with E-state index >= 15 is 0 Å². The lowest BCUT2D eigenvalue weighted by molar-refractivity contribution is 0.302. The molecule has 27 heavy (non-hydrogen) atoms. The highest BCUT2D eigenvalue weighted by Crippen LogP contribution is 2.23. The predicted molar refractivity (Wildman–Crippen MR) is 102 cm³/mol. The Morgan fingerprint density at radius 2 is 2.04 bits per heavy atom. The zero-order chi connectivity index (χ0) is 18.6. The first kappa shape index (κ1) is 17.0. The lowest BCUT2D eigenvalue weighted by Crippen LogP contribution is -2.02. The second-order valence-electron chi connectivity index (χ2n) is 6.29. The highest BCUT2D eigenvalue weighted by Gasteiger charge is 2.10. The summed E-state index contributed by atoms with van der Waals surface area (Å²) in [5.41, 5.74) is 8.77. The molecule has 0 radical (unpaired) electrons. The third-order valence-electron chi connectivity index (χ3n) is 4.26. The lowest BCUT2D eigenvalue weighted by atomic mass is 10.0. The molecule has 3 aromatic rings. The van der Waals surface area contributed by atoms with E-state index in [1.807, 2.05) is 59.3 Å². The van der Waals surface area contributed by atoms with Crippen LogP contribution in [0.5, 0.6) is 5.75 Å². The first-order chi connectivity index (χ1) is 13.2. The standard InChI is InChI=1S/C21H19FN4O/c22-16-6-4-5-9-19(20(23)10-16)15-11-24-21-25-17(13-26(21)12-15)14-27-18-7-2-1-3-8-18/h1-3,5,7-13H,4,6,14,23H2. The Labute approximate surface area is 156 Å². The van der Waals surface area contributed by atoms with Crippen LogP contribution in [0.1, 0.15) is 24.1 Å². The van der Waals surface area contributed by atoms with Crippen LogP contribution in [0.4, 0.5) is 4.39 Å². The fourth-order valence-corrected chi connectivity index (χ4v) is 2.92. The SMILES string of the molecule is NC1=C(c2cnc3nc(COc4ccccc4)cn3c2)C=CCCC(F)=C1. The number of allylic oxidation sites excluding steroid dienone is 5. The number of hydrogen-bond donors (Lipinski definition) is 1. The molecule has 0 saturated heterocycles. The molecule has 2 N–H and O–H groups in total. The number of halogens is 1. The van der Waals surface area contributed by atoms with Crippen molar-refractivity contribution in [1.82, 2.24) is 14.4 Å². The first-order valence-corrected chi connectivity index (χ1v) is 8.73. The Hall–Kier alpha value is -3.41. The predicted octanol–water partition coefficient (Wildman–Crippen LogP) is 4.18. The maximum Gasteiger partial charge on any atom is 0.234 e. The highest BCUT2D eigenvalue weighted by atomic mass is 19.1. The van der Waals surface area contributed by atoms with Gasteiger partial charge >= 0.3 is 0 Å². The van der Waals surface area contributed by atoms with Gasteiger partial charge < -0.3 is 10.5 Å². The van der Waals surface area contributed by atoms with Gasteiger partial charge in [-0.3, -0.25) is 4.40 Å². The van der Waals surface area contributed by atoms with Gasteiger partial charge in [0.15, 0.2) is 0 Å². The van der Waals surface area contributed by atoms with Gasteiger partial charge in [0.2, 0.25) is 5.78 Å². The molecule has 0 saturated carbocycles. The van der Waals surface area contributed by atoms with Gasteiger partial charge in [-0.25, -0.2) is 14.4 Å². The molecule has 0 spiro atoms. The van der Waals surface area contributed by atoms with Crippen molar-refractivity contribution in [3.63, 3.8) is 0 Å². The molecule has 0 aliphatic heterocycles. The molecule has 0 unspecified atom stereocenters.